The summed E-state index contributed by atoms with van der Waals surface area (Å²) in [5.74, 6) is -0.462. The van der Waals surface area contributed by atoms with Crippen LogP contribution in [0.5, 0.6) is 0 Å². The van der Waals surface area contributed by atoms with Crippen LogP contribution >= 0.6 is 11.6 Å². The average Bonchev–Trinajstić information content (AvgIpc) is 2.56. The Morgan fingerprint density at radius 2 is 1.91 bits per heavy atom. The highest BCUT2D eigenvalue weighted by molar-refractivity contribution is 6.31. The number of hydrogen-bond acceptors (Lipinski definition) is 2. The van der Waals surface area contributed by atoms with Gasteiger partial charge in [-0.3, -0.25) is 4.79 Å². The largest absolute Gasteiger partial charge is 0.321 e. The molecule has 0 aliphatic heterocycles. The van der Waals surface area contributed by atoms with Gasteiger partial charge in [0, 0.05) is 10.7 Å². The molecule has 0 saturated heterocycles. The predicted molar refractivity (Wildman–Crippen MR) is 94.0 cm³/mol. The first-order valence-corrected chi connectivity index (χ1v) is 7.39. The number of carbonyl (C=O) groups excluding carboxylic acids is 1. The fourth-order valence-electron chi connectivity index (χ4n) is 1.92. The Balaban J connectivity index is 2.13. The van der Waals surface area contributed by atoms with E-state index >= 15 is 0 Å². The lowest BCUT2D eigenvalue weighted by Crippen LogP contribution is -2.14. The zero-order chi connectivity index (χ0) is 16.7. The number of benzene rings is 2. The zero-order valence-electron chi connectivity index (χ0n) is 12.6. The number of rotatable bonds is 4. The fourth-order valence-corrected chi connectivity index (χ4v) is 2.09. The first kappa shape index (κ1) is 16.5. The predicted octanol–water partition coefficient (Wildman–Crippen LogP) is 4.75. The van der Waals surface area contributed by atoms with Gasteiger partial charge in [0.25, 0.3) is 5.91 Å². The van der Waals surface area contributed by atoms with Crippen molar-refractivity contribution in [1.82, 2.24) is 0 Å². The van der Waals surface area contributed by atoms with Crippen molar-refractivity contribution in [1.29, 1.82) is 5.26 Å². The number of allylic oxidation sites excluding steroid dienone is 2. The molecule has 0 atom stereocenters. The normalized spacial score (nSPS) is 11.3. The minimum Gasteiger partial charge on any atom is -0.321 e. The molecular weight excluding hydrogens is 308 g/mol. The highest BCUT2D eigenvalue weighted by atomic mass is 35.5. The minimum atomic E-state index is -0.462. The van der Waals surface area contributed by atoms with Crippen LogP contribution in [-0.2, 0) is 4.79 Å². The van der Waals surface area contributed by atoms with Gasteiger partial charge < -0.3 is 5.32 Å². The van der Waals surface area contributed by atoms with Gasteiger partial charge in [-0.1, -0.05) is 60.2 Å². The molecule has 0 aliphatic rings. The zero-order valence-corrected chi connectivity index (χ0v) is 13.3. The molecule has 23 heavy (non-hydrogen) atoms. The van der Waals surface area contributed by atoms with Crippen molar-refractivity contribution >= 4 is 29.3 Å². The van der Waals surface area contributed by atoms with Crippen LogP contribution in [0.1, 0.15) is 11.1 Å². The summed E-state index contributed by atoms with van der Waals surface area (Å²) in [5.41, 5.74) is 2.37. The van der Waals surface area contributed by atoms with Gasteiger partial charge in [-0.05, 0) is 36.3 Å². The van der Waals surface area contributed by atoms with E-state index in [1.54, 1.807) is 24.3 Å². The second kappa shape index (κ2) is 7.98. The number of halogens is 1. The fraction of sp³-hybridized carbons (Fsp3) is 0.0526. The van der Waals surface area contributed by atoms with Crippen LogP contribution in [0.15, 0.2) is 66.3 Å². The highest BCUT2D eigenvalue weighted by Gasteiger charge is 2.10. The molecule has 3 nitrogen and oxygen atoms in total. The first-order chi connectivity index (χ1) is 11.1. The standard InChI is InChI=1S/C19H15ClN2O/c1-14-17(20)11-6-12-18(14)22-19(23)16(13-21)10-5-9-15-7-3-2-4-8-15/h2-12H,1H3,(H,22,23). The van der Waals surface area contributed by atoms with E-state index in [4.69, 9.17) is 16.9 Å². The Hall–Kier alpha value is -2.83. The summed E-state index contributed by atoms with van der Waals surface area (Å²) in [6.07, 6.45) is 5.00. The third kappa shape index (κ3) is 4.57. The Morgan fingerprint density at radius 3 is 2.61 bits per heavy atom. The van der Waals surface area contributed by atoms with Crippen molar-refractivity contribution < 1.29 is 4.79 Å². The molecule has 0 bridgehead atoms. The third-order valence-electron chi connectivity index (χ3n) is 3.23. The molecule has 0 saturated carbocycles. The molecule has 114 valence electrons. The Kier molecular flexibility index (Phi) is 5.74. The van der Waals surface area contributed by atoms with Crippen LogP contribution in [0.3, 0.4) is 0 Å². The monoisotopic (exact) mass is 322 g/mol. The summed E-state index contributed by atoms with van der Waals surface area (Å²) in [7, 11) is 0. The number of nitriles is 1. The lowest BCUT2D eigenvalue weighted by atomic mass is 10.1. The van der Waals surface area contributed by atoms with Gasteiger partial charge in [0.1, 0.15) is 11.6 Å². The van der Waals surface area contributed by atoms with Crippen molar-refractivity contribution in [2.45, 2.75) is 6.92 Å². The molecule has 1 N–H and O–H groups in total. The molecule has 0 spiro atoms. The van der Waals surface area contributed by atoms with E-state index in [1.807, 2.05) is 49.4 Å². The van der Waals surface area contributed by atoms with Crippen molar-refractivity contribution in [3.05, 3.63) is 82.4 Å². The molecule has 0 aromatic heterocycles. The number of nitrogens with one attached hydrogen (secondary N) is 1. The molecule has 0 unspecified atom stereocenters. The van der Waals surface area contributed by atoms with E-state index in [2.05, 4.69) is 5.32 Å². The van der Waals surface area contributed by atoms with Crippen LogP contribution in [0.4, 0.5) is 5.69 Å². The van der Waals surface area contributed by atoms with Crippen LogP contribution in [0.25, 0.3) is 6.08 Å². The minimum absolute atomic E-state index is 0.0246. The second-order valence-electron chi connectivity index (χ2n) is 4.83. The summed E-state index contributed by atoms with van der Waals surface area (Å²) < 4.78 is 0. The maximum atomic E-state index is 12.2. The first-order valence-electron chi connectivity index (χ1n) is 7.02. The van der Waals surface area contributed by atoms with Crippen molar-refractivity contribution in [3.8, 4) is 6.07 Å². The maximum absolute atomic E-state index is 12.2. The van der Waals surface area contributed by atoms with Crippen LogP contribution in [0, 0.1) is 18.3 Å². The molecule has 0 aliphatic carbocycles. The molecule has 1 amide bonds. The van der Waals surface area contributed by atoms with Crippen LogP contribution in [-0.4, -0.2) is 5.91 Å². The van der Waals surface area contributed by atoms with Gasteiger partial charge in [0.2, 0.25) is 0 Å². The summed E-state index contributed by atoms with van der Waals surface area (Å²) >= 11 is 6.02. The van der Waals surface area contributed by atoms with Crippen molar-refractivity contribution in [2.75, 3.05) is 5.32 Å². The summed E-state index contributed by atoms with van der Waals surface area (Å²) in [6.45, 7) is 1.81. The molecule has 4 heteroatoms. The maximum Gasteiger partial charge on any atom is 0.266 e. The SMILES string of the molecule is Cc1c(Cl)cccc1NC(=O)C(C#N)=CC=Cc1ccccc1. The van der Waals surface area contributed by atoms with Gasteiger partial charge >= 0.3 is 0 Å². The number of amides is 1. The molecule has 2 rings (SSSR count). The van der Waals surface area contributed by atoms with Crippen LogP contribution in [0.2, 0.25) is 5.02 Å². The highest BCUT2D eigenvalue weighted by Crippen LogP contribution is 2.23. The summed E-state index contributed by atoms with van der Waals surface area (Å²) in [4.78, 5) is 12.2. The van der Waals surface area contributed by atoms with E-state index in [-0.39, 0.29) is 5.57 Å². The lowest BCUT2D eigenvalue weighted by Gasteiger charge is -2.08. The van der Waals surface area contributed by atoms with Crippen molar-refractivity contribution in [2.24, 2.45) is 0 Å². The van der Waals surface area contributed by atoms with Gasteiger partial charge in [-0.15, -0.1) is 0 Å². The molecule has 0 heterocycles. The number of nitrogens with zero attached hydrogens (tertiary/aromatic N) is 1. The van der Waals surface area contributed by atoms with Crippen LogP contribution < -0.4 is 5.32 Å². The molecule has 0 radical (unpaired) electrons. The van der Waals surface area contributed by atoms with Gasteiger partial charge in [-0.2, -0.15) is 5.26 Å². The number of anilines is 1. The van der Waals surface area contributed by atoms with Gasteiger partial charge in [-0.25, -0.2) is 0 Å². The third-order valence-corrected chi connectivity index (χ3v) is 3.64. The van der Waals surface area contributed by atoms with E-state index in [9.17, 15) is 4.79 Å². The smallest absolute Gasteiger partial charge is 0.266 e. The topological polar surface area (TPSA) is 52.9 Å². The van der Waals surface area contributed by atoms with Crippen molar-refractivity contribution in [3.63, 3.8) is 0 Å². The summed E-state index contributed by atoms with van der Waals surface area (Å²) in [5, 5.41) is 12.4. The molecule has 2 aromatic carbocycles. The molecular formula is C19H15ClN2O. The lowest BCUT2D eigenvalue weighted by molar-refractivity contribution is -0.112. The van der Waals surface area contributed by atoms with E-state index < -0.39 is 5.91 Å². The number of hydrogen-bond donors (Lipinski definition) is 1. The van der Waals surface area contributed by atoms with E-state index in [0.717, 1.165) is 11.1 Å². The van der Waals surface area contributed by atoms with E-state index in [0.29, 0.717) is 10.7 Å². The Labute approximate surface area is 140 Å². The number of carbonyl (C=O) groups is 1. The van der Waals surface area contributed by atoms with Gasteiger partial charge in [0.05, 0.1) is 0 Å². The quantitative estimate of drug-likeness (QED) is 0.501. The molecule has 2 aromatic rings. The van der Waals surface area contributed by atoms with E-state index in [1.165, 1.54) is 6.08 Å². The summed E-state index contributed by atoms with van der Waals surface area (Å²) in [6, 6.07) is 16.8. The Bertz CT molecular complexity index is 802. The van der Waals surface area contributed by atoms with Gasteiger partial charge in [0.15, 0.2) is 0 Å². The average molecular weight is 323 g/mol. The Morgan fingerprint density at radius 1 is 1.17 bits per heavy atom. The molecule has 0 fully saturated rings. The second-order valence-corrected chi connectivity index (χ2v) is 5.24.